The maximum Gasteiger partial charge on any atom is 0.246 e. The third-order valence-corrected chi connectivity index (χ3v) is 7.65. The number of amides is 1. The Balaban J connectivity index is 1.71. The van der Waals surface area contributed by atoms with E-state index in [2.05, 4.69) is 15.4 Å². The van der Waals surface area contributed by atoms with Gasteiger partial charge in [-0.3, -0.25) is 9.48 Å². The van der Waals surface area contributed by atoms with E-state index in [0.717, 1.165) is 5.69 Å². The summed E-state index contributed by atoms with van der Waals surface area (Å²) in [7, 11) is -1.95. The second kappa shape index (κ2) is 7.69. The molecule has 0 bridgehead atoms. The Morgan fingerprint density at radius 1 is 1.41 bits per heavy atom. The smallest absolute Gasteiger partial charge is 0.246 e. The molecule has 1 saturated heterocycles. The number of carbonyl (C=O) groups is 1. The minimum absolute atomic E-state index is 0.172. The third-order valence-electron chi connectivity index (χ3n) is 4.91. The van der Waals surface area contributed by atoms with Crippen LogP contribution in [0.3, 0.4) is 0 Å². The molecule has 2 aromatic heterocycles. The van der Waals surface area contributed by atoms with E-state index < -0.39 is 15.9 Å². The number of piperidine rings is 1. The number of hydrogen-bond donors (Lipinski definition) is 1. The van der Waals surface area contributed by atoms with Crippen molar-refractivity contribution in [1.29, 1.82) is 0 Å². The zero-order valence-electron chi connectivity index (χ0n) is 16.0. The Bertz CT molecular complexity index is 932. The fraction of sp³-hybridized carbons (Fsp3) is 0.588. The lowest BCUT2D eigenvalue weighted by Crippen LogP contribution is -2.43. The molecule has 0 radical (unpaired) electrons. The Morgan fingerprint density at radius 2 is 2.15 bits per heavy atom. The lowest BCUT2D eigenvalue weighted by Gasteiger charge is -2.30. The minimum atomic E-state index is -3.66. The van der Waals surface area contributed by atoms with Crippen LogP contribution in [0.15, 0.2) is 16.5 Å². The van der Waals surface area contributed by atoms with Crippen molar-refractivity contribution in [1.82, 2.24) is 19.1 Å². The number of rotatable bonds is 5. The van der Waals surface area contributed by atoms with E-state index in [1.54, 1.807) is 14.0 Å². The fourth-order valence-electron chi connectivity index (χ4n) is 3.06. The quantitative estimate of drug-likeness (QED) is 0.814. The summed E-state index contributed by atoms with van der Waals surface area (Å²) in [5, 5.41) is 9.37. The first-order chi connectivity index (χ1) is 12.7. The van der Waals surface area contributed by atoms with Crippen molar-refractivity contribution in [2.75, 3.05) is 18.4 Å². The molecule has 1 atom stereocenters. The standard InChI is InChI=1S/C17H25N5O3S2/c1-11(2)14-10-26-17(19-14)20-16(23)13-6-5-7-22(9-13)27(24,25)15-8-18-21(4)12(15)3/h8,10-11,13H,5-7,9H2,1-4H3,(H,19,20,23)/t13-/m0/s1. The van der Waals surface area contributed by atoms with Crippen molar-refractivity contribution in [2.45, 2.75) is 44.4 Å². The molecule has 1 N–H and O–H groups in total. The molecule has 0 unspecified atom stereocenters. The summed E-state index contributed by atoms with van der Waals surface area (Å²) in [6.45, 7) is 6.40. The molecule has 0 aliphatic carbocycles. The van der Waals surface area contributed by atoms with E-state index in [1.807, 2.05) is 19.2 Å². The van der Waals surface area contributed by atoms with Gasteiger partial charge >= 0.3 is 0 Å². The molecule has 148 valence electrons. The van der Waals surface area contributed by atoms with Gasteiger partial charge in [0.15, 0.2) is 5.13 Å². The van der Waals surface area contributed by atoms with Gasteiger partial charge < -0.3 is 5.32 Å². The van der Waals surface area contributed by atoms with E-state index in [0.29, 0.717) is 36.1 Å². The van der Waals surface area contributed by atoms with E-state index >= 15 is 0 Å². The Labute approximate surface area is 163 Å². The maximum atomic E-state index is 13.0. The Kier molecular flexibility index (Phi) is 5.68. The molecule has 8 nitrogen and oxygen atoms in total. The monoisotopic (exact) mass is 411 g/mol. The van der Waals surface area contributed by atoms with Crippen LogP contribution in [-0.4, -0.2) is 46.5 Å². The molecule has 0 spiro atoms. The van der Waals surface area contributed by atoms with Gasteiger partial charge in [-0.2, -0.15) is 9.40 Å². The van der Waals surface area contributed by atoms with Crippen LogP contribution in [0.2, 0.25) is 0 Å². The topological polar surface area (TPSA) is 97.2 Å². The first-order valence-corrected chi connectivity index (χ1v) is 11.3. The molecule has 1 aliphatic rings. The average molecular weight is 412 g/mol. The van der Waals surface area contributed by atoms with Gasteiger partial charge in [0.25, 0.3) is 0 Å². The van der Waals surface area contributed by atoms with Crippen LogP contribution in [0.25, 0.3) is 0 Å². The average Bonchev–Trinajstić information content (AvgIpc) is 3.23. The van der Waals surface area contributed by atoms with Crippen molar-refractivity contribution in [3.63, 3.8) is 0 Å². The van der Waals surface area contributed by atoms with Crippen molar-refractivity contribution in [3.05, 3.63) is 23.0 Å². The number of aromatic nitrogens is 3. The number of aryl methyl sites for hydroxylation is 1. The van der Waals surface area contributed by atoms with Crippen LogP contribution >= 0.6 is 11.3 Å². The highest BCUT2D eigenvalue weighted by Gasteiger charge is 2.35. The first-order valence-electron chi connectivity index (χ1n) is 8.95. The molecule has 1 fully saturated rings. The SMILES string of the molecule is Cc1c(S(=O)(=O)N2CCC[C@H](C(=O)Nc3nc(C(C)C)cs3)C2)cnn1C. The van der Waals surface area contributed by atoms with Gasteiger partial charge in [-0.05, 0) is 25.7 Å². The predicted octanol–water partition coefficient (Wildman–Crippen LogP) is 2.35. The van der Waals surface area contributed by atoms with Gasteiger partial charge in [0.05, 0.1) is 23.5 Å². The van der Waals surface area contributed by atoms with Gasteiger partial charge in [-0.15, -0.1) is 11.3 Å². The van der Waals surface area contributed by atoms with Gasteiger partial charge in [0.2, 0.25) is 15.9 Å². The van der Waals surface area contributed by atoms with Gasteiger partial charge in [0.1, 0.15) is 4.90 Å². The van der Waals surface area contributed by atoms with E-state index in [1.165, 1.54) is 26.5 Å². The lowest BCUT2D eigenvalue weighted by molar-refractivity contribution is -0.120. The van der Waals surface area contributed by atoms with Crippen LogP contribution in [0.1, 0.15) is 44.0 Å². The summed E-state index contributed by atoms with van der Waals surface area (Å²) in [5.74, 6) is -0.274. The number of sulfonamides is 1. The molecule has 2 aromatic rings. The highest BCUT2D eigenvalue weighted by atomic mass is 32.2. The summed E-state index contributed by atoms with van der Waals surface area (Å²) in [4.78, 5) is 17.3. The van der Waals surface area contributed by atoms with E-state index in [-0.39, 0.29) is 17.3 Å². The second-order valence-corrected chi connectivity index (χ2v) is 9.91. The summed E-state index contributed by atoms with van der Waals surface area (Å²) >= 11 is 1.39. The number of hydrogen-bond acceptors (Lipinski definition) is 6. The molecule has 3 rings (SSSR count). The molecule has 27 heavy (non-hydrogen) atoms. The molecule has 3 heterocycles. The van der Waals surface area contributed by atoms with Gasteiger partial charge in [0, 0.05) is 25.5 Å². The normalized spacial score (nSPS) is 18.8. The Morgan fingerprint density at radius 3 is 2.74 bits per heavy atom. The van der Waals surface area contributed by atoms with Crippen LogP contribution < -0.4 is 5.32 Å². The summed E-state index contributed by atoms with van der Waals surface area (Å²) in [6, 6.07) is 0. The minimum Gasteiger partial charge on any atom is -0.302 e. The summed E-state index contributed by atoms with van der Waals surface area (Å²) in [6.07, 6.45) is 2.68. The van der Waals surface area contributed by atoms with Gasteiger partial charge in [-0.25, -0.2) is 13.4 Å². The van der Waals surface area contributed by atoms with Gasteiger partial charge in [-0.1, -0.05) is 13.8 Å². The van der Waals surface area contributed by atoms with E-state index in [9.17, 15) is 13.2 Å². The lowest BCUT2D eigenvalue weighted by atomic mass is 9.99. The number of nitrogens with one attached hydrogen (secondary N) is 1. The number of thiazole rings is 1. The predicted molar refractivity (Wildman–Crippen MR) is 104 cm³/mol. The number of carbonyl (C=O) groups excluding carboxylic acids is 1. The first kappa shape index (κ1) is 20.0. The van der Waals surface area contributed by atoms with Crippen LogP contribution in [0.4, 0.5) is 5.13 Å². The molecular weight excluding hydrogens is 386 g/mol. The number of anilines is 1. The highest BCUT2D eigenvalue weighted by Crippen LogP contribution is 2.27. The summed E-state index contributed by atoms with van der Waals surface area (Å²) < 4.78 is 28.8. The zero-order chi connectivity index (χ0) is 19.8. The van der Waals surface area contributed by atoms with Crippen molar-refractivity contribution < 1.29 is 13.2 Å². The van der Waals surface area contributed by atoms with E-state index in [4.69, 9.17) is 0 Å². The third kappa shape index (κ3) is 4.07. The number of nitrogens with zero attached hydrogens (tertiary/aromatic N) is 4. The van der Waals surface area contributed by atoms with Crippen LogP contribution in [0, 0.1) is 12.8 Å². The van der Waals surface area contributed by atoms with Crippen molar-refractivity contribution >= 4 is 32.4 Å². The highest BCUT2D eigenvalue weighted by molar-refractivity contribution is 7.89. The largest absolute Gasteiger partial charge is 0.302 e. The second-order valence-electron chi connectivity index (χ2n) is 7.14. The fourth-order valence-corrected chi connectivity index (χ4v) is 5.65. The van der Waals surface area contributed by atoms with Crippen molar-refractivity contribution in [2.24, 2.45) is 13.0 Å². The molecule has 0 aromatic carbocycles. The van der Waals surface area contributed by atoms with Crippen LogP contribution in [-0.2, 0) is 21.9 Å². The maximum absolute atomic E-state index is 13.0. The van der Waals surface area contributed by atoms with Crippen LogP contribution in [0.5, 0.6) is 0 Å². The molecule has 1 amide bonds. The van der Waals surface area contributed by atoms with Crippen molar-refractivity contribution in [3.8, 4) is 0 Å². The molecular formula is C17H25N5O3S2. The summed E-state index contributed by atoms with van der Waals surface area (Å²) in [5.41, 5.74) is 1.53. The Hall–Kier alpha value is -1.78. The molecule has 10 heteroatoms. The zero-order valence-corrected chi connectivity index (χ0v) is 17.6. The molecule has 0 saturated carbocycles. The molecule has 1 aliphatic heterocycles.